The van der Waals surface area contributed by atoms with Crippen molar-refractivity contribution in [2.24, 2.45) is 0 Å². The summed E-state index contributed by atoms with van der Waals surface area (Å²) in [4.78, 5) is 26.0. The van der Waals surface area contributed by atoms with Crippen molar-refractivity contribution in [2.75, 3.05) is 20.2 Å². The van der Waals surface area contributed by atoms with Gasteiger partial charge in [0.15, 0.2) is 0 Å². The minimum atomic E-state index is -0.172. The number of rotatable bonds is 4. The monoisotopic (exact) mass is 332 g/mol. The highest BCUT2D eigenvalue weighted by molar-refractivity contribution is 5.93. The number of carbonyl (C=O) groups is 1. The van der Waals surface area contributed by atoms with Crippen molar-refractivity contribution in [1.82, 2.24) is 30.0 Å². The number of amides is 1. The first-order chi connectivity index (χ1) is 11.4. The maximum atomic E-state index is 12.8. The molecule has 0 saturated carbocycles. The van der Waals surface area contributed by atoms with E-state index < -0.39 is 0 Å². The maximum absolute atomic E-state index is 12.8. The van der Waals surface area contributed by atoms with Crippen LogP contribution in [-0.2, 0) is 10.2 Å². The molecule has 130 valence electrons. The second-order valence-electron chi connectivity index (χ2n) is 7.24. The molecule has 1 fully saturated rings. The highest BCUT2D eigenvalue weighted by Gasteiger charge is 2.34. The number of H-pyrrole nitrogens is 2. The van der Waals surface area contributed by atoms with Crippen molar-refractivity contribution in [1.29, 1.82) is 0 Å². The lowest BCUT2D eigenvalue weighted by Crippen LogP contribution is -2.37. The van der Waals surface area contributed by atoms with Gasteiger partial charge in [-0.2, -0.15) is 5.10 Å². The Kier molecular flexibility index (Phi) is 4.40. The molecule has 1 aliphatic rings. The van der Waals surface area contributed by atoms with E-state index >= 15 is 0 Å². The topological polar surface area (TPSA) is 99.8 Å². The molecule has 1 amide bonds. The van der Waals surface area contributed by atoms with E-state index in [1.165, 1.54) is 6.33 Å². The van der Waals surface area contributed by atoms with Crippen LogP contribution in [0.15, 0.2) is 12.7 Å². The fraction of sp³-hybridized carbons (Fsp3) is 0.625. The first kappa shape index (κ1) is 16.6. The summed E-state index contributed by atoms with van der Waals surface area (Å²) in [6.45, 7) is 7.31. The molecule has 0 radical (unpaired) electrons. The molecule has 1 aliphatic heterocycles. The molecule has 0 spiro atoms. The summed E-state index contributed by atoms with van der Waals surface area (Å²) in [5.41, 5.74) is 1.15. The van der Waals surface area contributed by atoms with Crippen LogP contribution in [0.3, 0.4) is 0 Å². The fourth-order valence-electron chi connectivity index (χ4n) is 3.10. The van der Waals surface area contributed by atoms with Gasteiger partial charge in [-0.1, -0.05) is 20.8 Å². The highest BCUT2D eigenvalue weighted by Crippen LogP contribution is 2.30. The molecule has 1 saturated heterocycles. The summed E-state index contributed by atoms with van der Waals surface area (Å²) >= 11 is 0. The number of ether oxygens (including phenoxy) is 1. The summed E-state index contributed by atoms with van der Waals surface area (Å²) in [6.07, 6.45) is 3.85. The minimum absolute atomic E-state index is 0.0936. The van der Waals surface area contributed by atoms with E-state index in [4.69, 9.17) is 4.74 Å². The average molecular weight is 332 g/mol. The van der Waals surface area contributed by atoms with Crippen molar-refractivity contribution < 1.29 is 9.53 Å². The normalized spacial score (nSPS) is 21.2. The van der Waals surface area contributed by atoms with Crippen LogP contribution in [0.4, 0.5) is 0 Å². The molecular weight excluding hydrogens is 308 g/mol. The molecule has 3 rings (SSSR count). The van der Waals surface area contributed by atoms with Crippen LogP contribution in [-0.4, -0.2) is 62.3 Å². The van der Waals surface area contributed by atoms with E-state index in [1.54, 1.807) is 18.3 Å². The third-order valence-corrected chi connectivity index (χ3v) is 4.39. The number of nitrogens with zero attached hydrogens (tertiary/aromatic N) is 4. The SMILES string of the molecule is CN(C[C@H]1OCC[C@H]1c1ncn[nH]1)C(=O)c1nc[nH]c1C(C)(C)C. The van der Waals surface area contributed by atoms with Crippen molar-refractivity contribution in [3.05, 3.63) is 29.9 Å². The Morgan fingerprint density at radius 2 is 2.21 bits per heavy atom. The Bertz CT molecular complexity index is 688. The Hall–Kier alpha value is -2.22. The Morgan fingerprint density at radius 1 is 1.42 bits per heavy atom. The number of nitrogens with one attached hydrogen (secondary N) is 2. The minimum Gasteiger partial charge on any atom is -0.376 e. The number of hydrogen-bond acceptors (Lipinski definition) is 5. The predicted molar refractivity (Wildman–Crippen MR) is 87.7 cm³/mol. The fourth-order valence-corrected chi connectivity index (χ4v) is 3.10. The average Bonchev–Trinajstić information content (AvgIpc) is 3.25. The quantitative estimate of drug-likeness (QED) is 0.883. The van der Waals surface area contributed by atoms with E-state index in [2.05, 4.69) is 45.9 Å². The molecule has 0 unspecified atom stereocenters. The number of imidazole rings is 1. The van der Waals surface area contributed by atoms with Crippen LogP contribution >= 0.6 is 0 Å². The van der Waals surface area contributed by atoms with Gasteiger partial charge >= 0.3 is 0 Å². The van der Waals surface area contributed by atoms with Crippen molar-refractivity contribution in [2.45, 2.75) is 44.6 Å². The van der Waals surface area contributed by atoms with E-state index in [0.717, 1.165) is 17.9 Å². The standard InChI is InChI=1S/C16H24N6O2/c1-16(2,3)13-12(17-8-18-13)15(23)22(4)7-11-10(5-6-24-11)14-19-9-20-21-14/h8-11H,5-7H2,1-4H3,(H,17,18)(H,19,20,21)/t10-,11-/m1/s1. The number of aromatic nitrogens is 5. The van der Waals surface area contributed by atoms with E-state index in [1.807, 2.05) is 0 Å². The van der Waals surface area contributed by atoms with Gasteiger partial charge in [0.2, 0.25) is 0 Å². The van der Waals surface area contributed by atoms with Gasteiger partial charge in [0.25, 0.3) is 5.91 Å². The van der Waals surface area contributed by atoms with E-state index in [-0.39, 0.29) is 23.3 Å². The van der Waals surface area contributed by atoms with Gasteiger partial charge in [-0.15, -0.1) is 0 Å². The van der Waals surface area contributed by atoms with Crippen molar-refractivity contribution in [3.8, 4) is 0 Å². The van der Waals surface area contributed by atoms with Crippen LogP contribution in [0.5, 0.6) is 0 Å². The third-order valence-electron chi connectivity index (χ3n) is 4.39. The van der Waals surface area contributed by atoms with Gasteiger partial charge in [-0.25, -0.2) is 9.97 Å². The highest BCUT2D eigenvalue weighted by atomic mass is 16.5. The lowest BCUT2D eigenvalue weighted by atomic mass is 9.90. The van der Waals surface area contributed by atoms with Gasteiger partial charge in [0.05, 0.1) is 18.1 Å². The first-order valence-corrected chi connectivity index (χ1v) is 8.14. The molecule has 8 heteroatoms. The number of aromatic amines is 2. The second-order valence-corrected chi connectivity index (χ2v) is 7.24. The van der Waals surface area contributed by atoms with Gasteiger partial charge in [0.1, 0.15) is 17.8 Å². The maximum Gasteiger partial charge on any atom is 0.274 e. The van der Waals surface area contributed by atoms with Crippen molar-refractivity contribution >= 4 is 5.91 Å². The predicted octanol–water partition coefficient (Wildman–Crippen LogP) is 1.47. The lowest BCUT2D eigenvalue weighted by Gasteiger charge is -2.25. The second kappa shape index (κ2) is 6.35. The summed E-state index contributed by atoms with van der Waals surface area (Å²) in [5, 5.41) is 6.81. The molecule has 8 nitrogen and oxygen atoms in total. The largest absolute Gasteiger partial charge is 0.376 e. The Morgan fingerprint density at radius 3 is 2.88 bits per heavy atom. The number of carbonyl (C=O) groups excluding carboxylic acids is 1. The summed E-state index contributed by atoms with van der Waals surface area (Å²) in [5.74, 6) is 0.838. The van der Waals surface area contributed by atoms with Crippen molar-refractivity contribution in [3.63, 3.8) is 0 Å². The zero-order valence-corrected chi connectivity index (χ0v) is 14.5. The smallest absolute Gasteiger partial charge is 0.274 e. The van der Waals surface area contributed by atoms with Gasteiger partial charge in [-0.05, 0) is 6.42 Å². The van der Waals surface area contributed by atoms with Crippen LogP contribution in [0.1, 0.15) is 55.1 Å². The lowest BCUT2D eigenvalue weighted by molar-refractivity contribution is 0.0545. The molecule has 3 heterocycles. The molecule has 2 aromatic rings. The zero-order chi connectivity index (χ0) is 17.3. The molecular formula is C16H24N6O2. The van der Waals surface area contributed by atoms with Crippen LogP contribution in [0.25, 0.3) is 0 Å². The number of hydrogen-bond donors (Lipinski definition) is 2. The molecule has 2 atom stereocenters. The summed E-state index contributed by atoms with van der Waals surface area (Å²) in [7, 11) is 1.78. The Balaban J connectivity index is 1.72. The Labute approximate surface area is 141 Å². The van der Waals surface area contributed by atoms with Gasteiger partial charge in [0, 0.05) is 31.5 Å². The van der Waals surface area contributed by atoms with Crippen LogP contribution in [0, 0.1) is 0 Å². The summed E-state index contributed by atoms with van der Waals surface area (Å²) in [6, 6.07) is 0. The molecule has 2 N–H and O–H groups in total. The summed E-state index contributed by atoms with van der Waals surface area (Å²) < 4.78 is 5.82. The first-order valence-electron chi connectivity index (χ1n) is 8.14. The van der Waals surface area contributed by atoms with E-state index in [0.29, 0.717) is 18.8 Å². The molecule has 2 aromatic heterocycles. The zero-order valence-electron chi connectivity index (χ0n) is 14.5. The van der Waals surface area contributed by atoms with Crippen LogP contribution in [0.2, 0.25) is 0 Å². The molecule has 24 heavy (non-hydrogen) atoms. The van der Waals surface area contributed by atoms with Gasteiger partial charge < -0.3 is 14.6 Å². The number of likely N-dealkylation sites (N-methyl/N-ethyl adjacent to an activating group) is 1. The van der Waals surface area contributed by atoms with E-state index in [9.17, 15) is 4.79 Å². The van der Waals surface area contributed by atoms with Gasteiger partial charge in [-0.3, -0.25) is 9.89 Å². The third kappa shape index (κ3) is 3.19. The van der Waals surface area contributed by atoms with Crippen LogP contribution < -0.4 is 0 Å². The molecule has 0 bridgehead atoms. The molecule has 0 aliphatic carbocycles. The molecule has 0 aromatic carbocycles.